The van der Waals surface area contributed by atoms with E-state index < -0.39 is 0 Å². The van der Waals surface area contributed by atoms with Crippen LogP contribution >= 0.6 is 0 Å². The van der Waals surface area contributed by atoms with Crippen molar-refractivity contribution in [3.8, 4) is 5.95 Å². The van der Waals surface area contributed by atoms with E-state index in [1.807, 2.05) is 33.8 Å². The van der Waals surface area contributed by atoms with Gasteiger partial charge in [-0.3, -0.25) is 4.79 Å². The van der Waals surface area contributed by atoms with E-state index in [4.69, 9.17) is 4.74 Å². The Morgan fingerprint density at radius 1 is 1.32 bits per heavy atom. The normalized spacial score (nSPS) is 17.7. The molecule has 2 aromatic rings. The molecule has 0 bridgehead atoms. The topological polar surface area (TPSA) is 81.9 Å². The minimum atomic E-state index is -0.116. The molecular formula is C18H25N5O2. The fourth-order valence-corrected chi connectivity index (χ4v) is 3.02. The Kier molecular flexibility index (Phi) is 5.13. The van der Waals surface area contributed by atoms with Gasteiger partial charge in [0.1, 0.15) is 0 Å². The van der Waals surface area contributed by atoms with Gasteiger partial charge in [-0.15, -0.1) is 0 Å². The van der Waals surface area contributed by atoms with Gasteiger partial charge in [0.2, 0.25) is 0 Å². The maximum Gasteiger partial charge on any atom is 0.255 e. The Hall–Kier alpha value is -2.28. The Morgan fingerprint density at radius 2 is 2.04 bits per heavy atom. The molecule has 1 saturated heterocycles. The van der Waals surface area contributed by atoms with Gasteiger partial charge >= 0.3 is 0 Å². The maximum absolute atomic E-state index is 12.8. The number of ether oxygens (including phenoxy) is 1. The Morgan fingerprint density at radius 3 is 2.64 bits per heavy atom. The summed E-state index contributed by atoms with van der Waals surface area (Å²) in [4.78, 5) is 21.6. The Bertz CT molecular complexity index is 743. The molecule has 1 amide bonds. The number of hydrogen-bond donors (Lipinski definition) is 1. The van der Waals surface area contributed by atoms with Crippen LogP contribution in [0.25, 0.3) is 5.95 Å². The first kappa shape index (κ1) is 17.5. The number of rotatable bonds is 4. The molecule has 1 atom stereocenters. The molecule has 1 aliphatic heterocycles. The van der Waals surface area contributed by atoms with Crippen LogP contribution in [-0.2, 0) is 4.74 Å². The third-order valence-corrected chi connectivity index (χ3v) is 4.21. The lowest BCUT2D eigenvalue weighted by Crippen LogP contribution is -2.40. The number of carbonyl (C=O) groups excluding carboxylic acids is 1. The van der Waals surface area contributed by atoms with Crippen molar-refractivity contribution >= 4 is 5.91 Å². The van der Waals surface area contributed by atoms with Crippen LogP contribution in [-0.4, -0.2) is 44.9 Å². The standard InChI is InChI=1S/C18H25N5O2/c1-11(2)16-15(17(24)21-14-6-5-7-25-10-14)9-23(22-16)18-19-12(3)8-13(4)20-18/h8-9,11,14H,5-7,10H2,1-4H3,(H,21,24). The number of hydrogen-bond acceptors (Lipinski definition) is 5. The zero-order valence-corrected chi connectivity index (χ0v) is 15.2. The summed E-state index contributed by atoms with van der Waals surface area (Å²) in [7, 11) is 0. The molecule has 2 aromatic heterocycles. The average molecular weight is 343 g/mol. The highest BCUT2D eigenvalue weighted by atomic mass is 16.5. The zero-order chi connectivity index (χ0) is 18.0. The summed E-state index contributed by atoms with van der Waals surface area (Å²) in [5.41, 5.74) is 3.06. The molecule has 134 valence electrons. The van der Waals surface area contributed by atoms with Crippen molar-refractivity contribution in [2.24, 2.45) is 0 Å². The van der Waals surface area contributed by atoms with Crippen LogP contribution in [0.1, 0.15) is 60.0 Å². The number of amides is 1. The van der Waals surface area contributed by atoms with Crippen LogP contribution in [0.15, 0.2) is 12.3 Å². The summed E-state index contributed by atoms with van der Waals surface area (Å²) < 4.78 is 7.04. The zero-order valence-electron chi connectivity index (χ0n) is 15.2. The van der Waals surface area contributed by atoms with E-state index >= 15 is 0 Å². The summed E-state index contributed by atoms with van der Waals surface area (Å²) in [6.07, 6.45) is 3.64. The summed E-state index contributed by atoms with van der Waals surface area (Å²) >= 11 is 0. The summed E-state index contributed by atoms with van der Waals surface area (Å²) in [5.74, 6) is 0.491. The van der Waals surface area contributed by atoms with E-state index in [2.05, 4.69) is 20.4 Å². The lowest BCUT2D eigenvalue weighted by Gasteiger charge is -2.23. The Balaban J connectivity index is 1.90. The fraction of sp³-hybridized carbons (Fsp3) is 0.556. The van der Waals surface area contributed by atoms with Gasteiger partial charge in [0, 0.05) is 24.2 Å². The monoisotopic (exact) mass is 343 g/mol. The highest BCUT2D eigenvalue weighted by molar-refractivity contribution is 5.95. The van der Waals surface area contributed by atoms with Crippen molar-refractivity contribution in [3.05, 3.63) is 34.9 Å². The van der Waals surface area contributed by atoms with E-state index in [0.717, 1.165) is 36.5 Å². The number of aryl methyl sites for hydroxylation is 2. The summed E-state index contributed by atoms with van der Waals surface area (Å²) in [5, 5.41) is 7.64. The van der Waals surface area contributed by atoms with Crippen LogP contribution < -0.4 is 5.32 Å². The molecule has 7 nitrogen and oxygen atoms in total. The molecule has 0 spiro atoms. The molecule has 25 heavy (non-hydrogen) atoms. The molecule has 0 aromatic carbocycles. The molecule has 0 saturated carbocycles. The second-order valence-corrected chi connectivity index (χ2v) is 6.87. The highest BCUT2D eigenvalue weighted by Gasteiger charge is 2.23. The minimum absolute atomic E-state index is 0.0575. The van der Waals surface area contributed by atoms with Gasteiger partial charge in [0.25, 0.3) is 11.9 Å². The summed E-state index contributed by atoms with van der Waals surface area (Å²) in [6.45, 7) is 9.22. The minimum Gasteiger partial charge on any atom is -0.379 e. The third kappa shape index (κ3) is 4.04. The van der Waals surface area contributed by atoms with Crippen LogP contribution in [0, 0.1) is 13.8 Å². The molecule has 1 fully saturated rings. The predicted octanol–water partition coefficient (Wildman–Crippen LogP) is 2.31. The molecule has 7 heteroatoms. The SMILES string of the molecule is Cc1cc(C)nc(-n2cc(C(=O)NC3CCCOC3)c(C(C)C)n2)n1. The smallest absolute Gasteiger partial charge is 0.255 e. The molecule has 1 aliphatic rings. The van der Waals surface area contributed by atoms with Crippen molar-refractivity contribution in [3.63, 3.8) is 0 Å². The van der Waals surface area contributed by atoms with Crippen LogP contribution in [0.5, 0.6) is 0 Å². The Labute approximate surface area is 147 Å². The average Bonchev–Trinajstić information content (AvgIpc) is 3.00. The highest BCUT2D eigenvalue weighted by Crippen LogP contribution is 2.20. The first-order valence-electron chi connectivity index (χ1n) is 8.75. The van der Waals surface area contributed by atoms with Crippen LogP contribution in [0.4, 0.5) is 0 Å². The quantitative estimate of drug-likeness (QED) is 0.921. The fourth-order valence-electron chi connectivity index (χ4n) is 3.02. The largest absolute Gasteiger partial charge is 0.379 e. The van der Waals surface area contributed by atoms with Gasteiger partial charge in [-0.25, -0.2) is 14.6 Å². The van der Waals surface area contributed by atoms with Crippen molar-refractivity contribution in [2.75, 3.05) is 13.2 Å². The molecule has 0 aliphatic carbocycles. The summed E-state index contributed by atoms with van der Waals surface area (Å²) in [6, 6.07) is 1.97. The molecule has 3 rings (SSSR count). The van der Waals surface area contributed by atoms with E-state index in [9.17, 15) is 4.79 Å². The second kappa shape index (κ2) is 7.31. The molecule has 3 heterocycles. The van der Waals surface area contributed by atoms with E-state index in [1.165, 1.54) is 0 Å². The van der Waals surface area contributed by atoms with Gasteiger partial charge in [0.05, 0.1) is 23.9 Å². The lowest BCUT2D eigenvalue weighted by atomic mass is 10.0. The van der Waals surface area contributed by atoms with Gasteiger partial charge in [-0.1, -0.05) is 13.8 Å². The van der Waals surface area contributed by atoms with Crippen molar-refractivity contribution in [1.82, 2.24) is 25.1 Å². The third-order valence-electron chi connectivity index (χ3n) is 4.21. The van der Waals surface area contributed by atoms with E-state index in [-0.39, 0.29) is 17.9 Å². The molecule has 1 N–H and O–H groups in total. The van der Waals surface area contributed by atoms with Gasteiger partial charge in [-0.05, 0) is 38.7 Å². The van der Waals surface area contributed by atoms with Crippen LogP contribution in [0.2, 0.25) is 0 Å². The van der Waals surface area contributed by atoms with Gasteiger partial charge in [0.15, 0.2) is 0 Å². The van der Waals surface area contributed by atoms with Crippen molar-refractivity contribution < 1.29 is 9.53 Å². The predicted molar refractivity (Wildman–Crippen MR) is 94.0 cm³/mol. The second-order valence-electron chi connectivity index (χ2n) is 6.87. The van der Waals surface area contributed by atoms with Crippen molar-refractivity contribution in [1.29, 1.82) is 0 Å². The molecule has 0 radical (unpaired) electrons. The first-order valence-corrected chi connectivity index (χ1v) is 8.75. The molecular weight excluding hydrogens is 318 g/mol. The van der Waals surface area contributed by atoms with Crippen LogP contribution in [0.3, 0.4) is 0 Å². The lowest BCUT2D eigenvalue weighted by molar-refractivity contribution is 0.0623. The molecule has 1 unspecified atom stereocenters. The van der Waals surface area contributed by atoms with E-state index in [1.54, 1.807) is 10.9 Å². The number of carbonyl (C=O) groups is 1. The van der Waals surface area contributed by atoms with Gasteiger partial charge in [-0.2, -0.15) is 5.10 Å². The van der Waals surface area contributed by atoms with Crippen molar-refractivity contribution in [2.45, 2.75) is 52.5 Å². The maximum atomic E-state index is 12.8. The first-order chi connectivity index (χ1) is 11.9. The van der Waals surface area contributed by atoms with E-state index in [0.29, 0.717) is 18.1 Å². The van der Waals surface area contributed by atoms with Gasteiger partial charge < -0.3 is 10.1 Å². The number of nitrogens with one attached hydrogen (secondary N) is 1. The number of nitrogens with zero attached hydrogens (tertiary/aromatic N) is 4. The number of aromatic nitrogens is 4.